The zero-order chi connectivity index (χ0) is 33.5. The van der Waals surface area contributed by atoms with Gasteiger partial charge in [-0.15, -0.1) is 0 Å². The Morgan fingerprint density at radius 1 is 1.00 bits per heavy atom. The molecular formula is C34H41N7O6. The number of hydrogen-bond donors (Lipinski definition) is 4. The van der Waals surface area contributed by atoms with Gasteiger partial charge in [-0.1, -0.05) is 44.2 Å². The Labute approximate surface area is 273 Å². The summed E-state index contributed by atoms with van der Waals surface area (Å²) in [6.45, 7) is 5.41. The standard InChI is InChI=1S/C34H41N7O6/c1-21(2)30-34(46)40-16-6-10-28(40)33(45)37-22(3)31(43)38-26(18-23-11-13-25(14-12-23)47-20-29(42)39-30)32(44)35-19-24-8-4-5-9-27(24)41-17-7-15-36-41/h4-5,7-9,11-15,17,21-22,26,28,30H,6,10,16,18-20H2,1-3H3,(H,35,44)(H,37,45)(H,38,43)(H,39,42)/t22-,26-,28+,30-/m0/s1. The van der Waals surface area contributed by atoms with Crippen molar-refractivity contribution in [1.29, 1.82) is 0 Å². The van der Waals surface area contributed by atoms with Crippen molar-refractivity contribution in [2.24, 2.45) is 5.92 Å². The number of carbonyl (C=O) groups excluding carboxylic acids is 5. The molecule has 1 aromatic heterocycles. The molecule has 4 atom stereocenters. The van der Waals surface area contributed by atoms with Gasteiger partial charge in [0.25, 0.3) is 5.91 Å². The van der Waals surface area contributed by atoms with Crippen molar-refractivity contribution < 1.29 is 28.7 Å². The fourth-order valence-corrected chi connectivity index (χ4v) is 5.80. The van der Waals surface area contributed by atoms with E-state index in [2.05, 4.69) is 26.4 Å². The van der Waals surface area contributed by atoms with Crippen molar-refractivity contribution >= 4 is 29.5 Å². The maximum Gasteiger partial charge on any atom is 0.258 e. The van der Waals surface area contributed by atoms with Crippen LogP contribution in [-0.4, -0.2) is 81.5 Å². The van der Waals surface area contributed by atoms with E-state index in [1.807, 2.05) is 50.4 Å². The maximum atomic E-state index is 13.6. The van der Waals surface area contributed by atoms with Crippen molar-refractivity contribution in [3.8, 4) is 11.4 Å². The van der Waals surface area contributed by atoms with Crippen molar-refractivity contribution in [2.75, 3.05) is 13.2 Å². The third-order valence-electron chi connectivity index (χ3n) is 8.40. The minimum absolute atomic E-state index is 0.154. The van der Waals surface area contributed by atoms with Gasteiger partial charge in [-0.05, 0) is 61.1 Å². The Bertz CT molecular complexity index is 1590. The molecule has 248 valence electrons. The van der Waals surface area contributed by atoms with Gasteiger partial charge in [0.15, 0.2) is 6.61 Å². The highest BCUT2D eigenvalue weighted by Gasteiger charge is 2.39. The largest absolute Gasteiger partial charge is 0.484 e. The number of nitrogens with zero attached hydrogens (tertiary/aromatic N) is 3. The van der Waals surface area contributed by atoms with E-state index in [0.717, 1.165) is 16.8 Å². The fourth-order valence-electron chi connectivity index (χ4n) is 5.80. The molecule has 4 heterocycles. The minimum Gasteiger partial charge on any atom is -0.484 e. The summed E-state index contributed by atoms with van der Waals surface area (Å²) in [5, 5.41) is 15.5. The summed E-state index contributed by atoms with van der Waals surface area (Å²) < 4.78 is 7.39. The average molecular weight is 644 g/mol. The van der Waals surface area contributed by atoms with E-state index in [-0.39, 0.29) is 31.4 Å². The van der Waals surface area contributed by atoms with E-state index in [9.17, 15) is 24.0 Å². The molecule has 13 heteroatoms. The number of para-hydroxylation sites is 1. The molecule has 3 aromatic rings. The van der Waals surface area contributed by atoms with Crippen LogP contribution < -0.4 is 26.0 Å². The number of carbonyl (C=O) groups is 5. The molecule has 0 radical (unpaired) electrons. The second-order valence-corrected chi connectivity index (χ2v) is 12.2. The lowest BCUT2D eigenvalue weighted by Crippen LogP contribution is -2.58. The van der Waals surface area contributed by atoms with Gasteiger partial charge in [0, 0.05) is 31.9 Å². The lowest BCUT2D eigenvalue weighted by molar-refractivity contribution is -0.143. The van der Waals surface area contributed by atoms with Gasteiger partial charge in [0.05, 0.1) is 5.69 Å². The zero-order valence-corrected chi connectivity index (χ0v) is 26.8. The van der Waals surface area contributed by atoms with Crippen molar-refractivity contribution in [2.45, 2.75) is 70.7 Å². The van der Waals surface area contributed by atoms with E-state index < -0.39 is 47.8 Å². The second kappa shape index (κ2) is 14.9. The summed E-state index contributed by atoms with van der Waals surface area (Å²) in [6, 6.07) is 12.6. The van der Waals surface area contributed by atoms with Gasteiger partial charge in [-0.2, -0.15) is 5.10 Å². The third kappa shape index (κ3) is 8.15. The summed E-state index contributed by atoms with van der Waals surface area (Å²) in [7, 11) is 0. The monoisotopic (exact) mass is 643 g/mol. The Kier molecular flexibility index (Phi) is 10.5. The molecular weight excluding hydrogens is 602 g/mol. The van der Waals surface area contributed by atoms with Crippen LogP contribution in [0.15, 0.2) is 67.0 Å². The van der Waals surface area contributed by atoms with E-state index in [4.69, 9.17) is 4.74 Å². The number of benzene rings is 2. The molecule has 6 rings (SSSR count). The first-order valence-electron chi connectivity index (χ1n) is 15.9. The van der Waals surface area contributed by atoms with Crippen LogP contribution in [0.4, 0.5) is 0 Å². The lowest BCUT2D eigenvalue weighted by Gasteiger charge is -2.31. The molecule has 3 aliphatic rings. The quantitative estimate of drug-likeness (QED) is 0.325. The highest BCUT2D eigenvalue weighted by atomic mass is 16.5. The highest BCUT2D eigenvalue weighted by Crippen LogP contribution is 2.21. The van der Waals surface area contributed by atoms with Crippen LogP contribution in [0.25, 0.3) is 5.69 Å². The number of ether oxygens (including phenoxy) is 1. The first-order chi connectivity index (χ1) is 22.6. The summed E-state index contributed by atoms with van der Waals surface area (Å²) >= 11 is 0. The van der Waals surface area contributed by atoms with Crippen molar-refractivity contribution in [3.05, 3.63) is 78.1 Å². The van der Waals surface area contributed by atoms with E-state index in [1.54, 1.807) is 35.1 Å². The van der Waals surface area contributed by atoms with Crippen LogP contribution in [0.5, 0.6) is 5.75 Å². The number of amides is 5. The Morgan fingerprint density at radius 3 is 2.49 bits per heavy atom. The SMILES string of the molecule is CC(C)[C@@H]1NC(=O)COc2ccc(cc2)C[C@@H](C(=O)NCc2ccccc2-n2cccn2)NC(=O)[C@H](C)NC(=O)[C@H]2CCCN2C1=O. The number of hydrogen-bond acceptors (Lipinski definition) is 7. The fraction of sp³-hybridized carbons (Fsp3) is 0.412. The van der Waals surface area contributed by atoms with Crippen molar-refractivity contribution in [3.63, 3.8) is 0 Å². The first-order valence-corrected chi connectivity index (χ1v) is 15.9. The van der Waals surface area contributed by atoms with Gasteiger partial charge in [-0.25, -0.2) is 4.68 Å². The molecule has 1 saturated heterocycles. The van der Waals surface area contributed by atoms with E-state index in [0.29, 0.717) is 25.1 Å². The zero-order valence-electron chi connectivity index (χ0n) is 26.8. The number of rotatable bonds is 5. The van der Waals surface area contributed by atoms with Gasteiger partial charge in [-0.3, -0.25) is 24.0 Å². The van der Waals surface area contributed by atoms with Crippen LogP contribution in [0.3, 0.4) is 0 Å². The topological polar surface area (TPSA) is 164 Å². The van der Waals surface area contributed by atoms with E-state index >= 15 is 0 Å². The molecule has 1 fully saturated rings. The van der Waals surface area contributed by atoms with E-state index in [1.165, 1.54) is 11.8 Å². The molecule has 13 nitrogen and oxygen atoms in total. The molecule has 5 amide bonds. The third-order valence-corrected chi connectivity index (χ3v) is 8.40. The van der Waals surface area contributed by atoms with Crippen LogP contribution in [-0.2, 0) is 36.9 Å². The molecule has 0 saturated carbocycles. The first kappa shape index (κ1) is 33.2. The van der Waals surface area contributed by atoms with Crippen LogP contribution >= 0.6 is 0 Å². The minimum atomic E-state index is -0.991. The van der Waals surface area contributed by atoms with Gasteiger partial charge >= 0.3 is 0 Å². The molecule has 47 heavy (non-hydrogen) atoms. The second-order valence-electron chi connectivity index (χ2n) is 12.2. The normalized spacial score (nSPS) is 22.7. The molecule has 4 N–H and O–H groups in total. The molecule has 0 unspecified atom stereocenters. The molecule has 2 aromatic carbocycles. The Balaban J connectivity index is 1.37. The lowest BCUT2D eigenvalue weighted by atomic mass is 10.0. The van der Waals surface area contributed by atoms with Gasteiger partial charge in [0.1, 0.15) is 29.9 Å². The number of fused-ring (bicyclic) bond motifs is 13. The molecule has 3 aliphatic heterocycles. The van der Waals surface area contributed by atoms with Crippen molar-refractivity contribution in [1.82, 2.24) is 35.9 Å². The Morgan fingerprint density at radius 2 is 1.77 bits per heavy atom. The summed E-state index contributed by atoms with van der Waals surface area (Å²) in [6.07, 6.45) is 4.66. The van der Waals surface area contributed by atoms with Crippen LogP contribution in [0.2, 0.25) is 0 Å². The predicted octanol–water partition coefficient (Wildman–Crippen LogP) is 1.24. The molecule has 0 spiro atoms. The van der Waals surface area contributed by atoms with Crippen LogP contribution in [0.1, 0.15) is 44.7 Å². The summed E-state index contributed by atoms with van der Waals surface area (Å²) in [5.41, 5.74) is 2.37. The molecule has 2 bridgehead atoms. The Hall–Kier alpha value is -5.20. The number of aromatic nitrogens is 2. The number of nitrogens with one attached hydrogen (secondary N) is 4. The highest BCUT2D eigenvalue weighted by molar-refractivity contribution is 5.96. The van der Waals surface area contributed by atoms with Gasteiger partial charge in [0.2, 0.25) is 23.6 Å². The van der Waals surface area contributed by atoms with Gasteiger partial charge < -0.3 is 30.9 Å². The van der Waals surface area contributed by atoms with Crippen LogP contribution in [0, 0.1) is 5.92 Å². The predicted molar refractivity (Wildman–Crippen MR) is 172 cm³/mol. The average Bonchev–Trinajstić information content (AvgIpc) is 3.78. The maximum absolute atomic E-state index is 13.6. The smallest absolute Gasteiger partial charge is 0.258 e. The molecule has 0 aliphatic carbocycles. The summed E-state index contributed by atoms with van der Waals surface area (Å²) in [5.74, 6) is -2.07. The summed E-state index contributed by atoms with van der Waals surface area (Å²) in [4.78, 5) is 68.3.